The van der Waals surface area contributed by atoms with Crippen LogP contribution in [0.3, 0.4) is 0 Å². The number of carbonyl (C=O) groups excluding carboxylic acids is 2. The molecule has 9 nitrogen and oxygen atoms in total. The van der Waals surface area contributed by atoms with Gasteiger partial charge in [0.1, 0.15) is 17.1 Å². The fraction of sp³-hybridized carbons (Fsp3) is 0.300. The summed E-state index contributed by atoms with van der Waals surface area (Å²) in [4.78, 5) is 32.7. The van der Waals surface area contributed by atoms with E-state index in [0.717, 1.165) is 17.5 Å². The molecular weight excluding hydrogens is 545 g/mol. The van der Waals surface area contributed by atoms with Crippen molar-refractivity contribution < 1.29 is 23.8 Å². The van der Waals surface area contributed by atoms with Gasteiger partial charge >= 0.3 is 0 Å². The van der Waals surface area contributed by atoms with Gasteiger partial charge in [0.15, 0.2) is 0 Å². The van der Waals surface area contributed by atoms with E-state index in [4.69, 9.17) is 9.72 Å². The lowest BCUT2D eigenvalue weighted by molar-refractivity contribution is -0.124. The number of likely N-dealkylation sites (tertiary alicyclic amines) is 1. The van der Waals surface area contributed by atoms with Gasteiger partial charge in [0.05, 0.1) is 29.3 Å². The zero-order valence-electron chi connectivity index (χ0n) is 22.5. The average Bonchev–Trinajstić information content (AvgIpc) is 3.67. The molecule has 2 atom stereocenters. The normalized spacial score (nSPS) is 17.9. The van der Waals surface area contributed by atoms with Crippen molar-refractivity contribution in [2.45, 2.75) is 38.6 Å². The Kier molecular flexibility index (Phi) is 7.00. The lowest BCUT2D eigenvalue weighted by Crippen LogP contribution is -2.38. The van der Waals surface area contributed by atoms with E-state index in [-0.39, 0.29) is 24.1 Å². The summed E-state index contributed by atoms with van der Waals surface area (Å²) in [6.45, 7) is 4.07. The molecule has 2 aliphatic rings. The van der Waals surface area contributed by atoms with Crippen LogP contribution in [-0.2, 0) is 4.79 Å². The predicted octanol–water partition coefficient (Wildman–Crippen LogP) is 5.24. The van der Waals surface area contributed by atoms with Crippen LogP contribution in [0.4, 0.5) is 9.52 Å². The van der Waals surface area contributed by atoms with Crippen LogP contribution in [0.15, 0.2) is 60.1 Å². The molecule has 2 aromatic carbocycles. The number of nitrogens with zero attached hydrogens (tertiary/aromatic N) is 4. The summed E-state index contributed by atoms with van der Waals surface area (Å²) in [5, 5.41) is 20.6. The highest BCUT2D eigenvalue weighted by atomic mass is 32.1. The number of amides is 2. The summed E-state index contributed by atoms with van der Waals surface area (Å²) in [5.74, 6) is -0.799. The van der Waals surface area contributed by atoms with Crippen molar-refractivity contribution in [3.63, 3.8) is 0 Å². The molecule has 0 spiro atoms. The smallest absolute Gasteiger partial charge is 0.257 e. The molecule has 0 bridgehead atoms. The van der Waals surface area contributed by atoms with Crippen molar-refractivity contribution >= 4 is 28.3 Å². The molecule has 6 rings (SSSR count). The second-order valence-corrected chi connectivity index (χ2v) is 11.6. The number of ether oxygens (including phenoxy) is 1. The summed E-state index contributed by atoms with van der Waals surface area (Å²) in [6.07, 6.45) is 1.48. The third-order valence-electron chi connectivity index (χ3n) is 7.87. The number of nitrogens with one attached hydrogen (secondary N) is 1. The number of anilines is 1. The van der Waals surface area contributed by atoms with Crippen molar-refractivity contribution in [1.82, 2.24) is 20.1 Å². The summed E-state index contributed by atoms with van der Waals surface area (Å²) in [7, 11) is 0. The van der Waals surface area contributed by atoms with Gasteiger partial charge in [-0.15, -0.1) is 10.2 Å². The summed E-state index contributed by atoms with van der Waals surface area (Å²) in [6, 6.07) is 15.2. The fourth-order valence-corrected chi connectivity index (χ4v) is 6.13. The Labute approximate surface area is 240 Å². The Balaban J connectivity index is 1.33. The zero-order chi connectivity index (χ0) is 28.7. The van der Waals surface area contributed by atoms with Crippen LogP contribution in [0.5, 0.6) is 11.6 Å². The van der Waals surface area contributed by atoms with Crippen molar-refractivity contribution in [1.29, 1.82) is 0 Å². The molecule has 0 aliphatic carbocycles. The second kappa shape index (κ2) is 10.6. The quantitative estimate of drug-likeness (QED) is 0.324. The first-order valence-electron chi connectivity index (χ1n) is 13.3. The van der Waals surface area contributed by atoms with Crippen molar-refractivity contribution in [2.24, 2.45) is 5.41 Å². The van der Waals surface area contributed by atoms with Gasteiger partial charge < -0.3 is 20.1 Å². The number of carbonyl (C=O) groups is 2. The standard InChI is InChI=1S/C30H28FN5O4S/c1-30(2,28(39)34-29-35-32-16-41-29)25-20-7-3-4-8-24(20)40-26-21(25)11-12-23(33-26)17-9-10-19(22(31)14-17)27(38)36-13-5-6-18(36)15-37/h3-4,7-12,14,16,18,25,37H,5-6,13,15H2,1-2H3,(H,34,35,39)/t18-,25+/m1/s1. The van der Waals surface area contributed by atoms with E-state index in [1.54, 1.807) is 17.6 Å². The molecule has 2 aromatic heterocycles. The van der Waals surface area contributed by atoms with Crippen molar-refractivity contribution in [3.8, 4) is 22.9 Å². The highest BCUT2D eigenvalue weighted by Gasteiger charge is 2.44. The van der Waals surface area contributed by atoms with Crippen LogP contribution < -0.4 is 10.1 Å². The van der Waals surface area contributed by atoms with E-state index in [1.807, 2.05) is 44.2 Å². The van der Waals surface area contributed by atoms with Gasteiger partial charge in [-0.2, -0.15) is 0 Å². The monoisotopic (exact) mass is 573 g/mol. The van der Waals surface area contributed by atoms with Crippen LogP contribution >= 0.6 is 11.3 Å². The number of pyridine rings is 1. The first kappa shape index (κ1) is 27.0. The molecule has 0 unspecified atom stereocenters. The molecule has 210 valence electrons. The van der Waals surface area contributed by atoms with E-state index < -0.39 is 23.1 Å². The first-order chi connectivity index (χ1) is 19.8. The molecule has 41 heavy (non-hydrogen) atoms. The van der Waals surface area contributed by atoms with Gasteiger partial charge in [0.25, 0.3) is 5.91 Å². The van der Waals surface area contributed by atoms with Crippen LogP contribution in [0, 0.1) is 11.2 Å². The first-order valence-corrected chi connectivity index (χ1v) is 14.2. The summed E-state index contributed by atoms with van der Waals surface area (Å²) >= 11 is 1.24. The molecule has 11 heteroatoms. The number of aliphatic hydroxyl groups is 1. The zero-order valence-corrected chi connectivity index (χ0v) is 23.3. The van der Waals surface area contributed by atoms with Gasteiger partial charge in [-0.1, -0.05) is 55.5 Å². The lowest BCUT2D eigenvalue weighted by atomic mass is 9.69. The number of aliphatic hydroxyl groups excluding tert-OH is 1. The maximum atomic E-state index is 15.2. The third kappa shape index (κ3) is 4.85. The Bertz CT molecular complexity index is 1630. The van der Waals surface area contributed by atoms with E-state index in [9.17, 15) is 14.7 Å². The van der Waals surface area contributed by atoms with E-state index >= 15 is 4.39 Å². The topological polar surface area (TPSA) is 118 Å². The molecule has 1 saturated heterocycles. The maximum absolute atomic E-state index is 15.2. The molecule has 2 aliphatic heterocycles. The lowest BCUT2D eigenvalue weighted by Gasteiger charge is -2.37. The molecule has 0 radical (unpaired) electrons. The van der Waals surface area contributed by atoms with Crippen LogP contribution in [0.1, 0.15) is 54.1 Å². The predicted molar refractivity (Wildman–Crippen MR) is 151 cm³/mol. The number of fused-ring (bicyclic) bond motifs is 2. The number of para-hydroxylation sites is 1. The summed E-state index contributed by atoms with van der Waals surface area (Å²) < 4.78 is 21.4. The molecule has 2 amide bonds. The maximum Gasteiger partial charge on any atom is 0.257 e. The van der Waals surface area contributed by atoms with Crippen LogP contribution in [-0.4, -0.2) is 56.2 Å². The number of hydrogen-bond acceptors (Lipinski definition) is 8. The Morgan fingerprint density at radius 2 is 2.00 bits per heavy atom. The van der Waals surface area contributed by atoms with E-state index in [0.29, 0.717) is 41.0 Å². The Morgan fingerprint density at radius 1 is 1.17 bits per heavy atom. The SMILES string of the molecule is CC(C)(C(=O)Nc1nncs1)[C@H]1c2ccccc2Oc2nc(-c3ccc(C(=O)N4CCC[C@@H]4CO)c(F)c3)ccc21. The van der Waals surface area contributed by atoms with Crippen LogP contribution in [0.2, 0.25) is 0 Å². The van der Waals surface area contributed by atoms with Crippen molar-refractivity contribution in [3.05, 3.63) is 82.6 Å². The van der Waals surface area contributed by atoms with Gasteiger partial charge in [-0.05, 0) is 37.1 Å². The van der Waals surface area contributed by atoms with Crippen molar-refractivity contribution in [2.75, 3.05) is 18.5 Å². The Morgan fingerprint density at radius 3 is 2.76 bits per heavy atom. The number of aromatic nitrogens is 3. The molecule has 2 N–H and O–H groups in total. The molecule has 1 fully saturated rings. The average molecular weight is 574 g/mol. The Hall–Kier alpha value is -4.22. The minimum atomic E-state index is -0.931. The van der Waals surface area contributed by atoms with Gasteiger partial charge in [-0.3, -0.25) is 9.59 Å². The van der Waals surface area contributed by atoms with E-state index in [1.165, 1.54) is 28.4 Å². The van der Waals surface area contributed by atoms with Gasteiger partial charge in [0, 0.05) is 29.2 Å². The van der Waals surface area contributed by atoms with Crippen LogP contribution in [0.25, 0.3) is 11.3 Å². The number of hydrogen-bond donors (Lipinski definition) is 2. The minimum absolute atomic E-state index is 0.0412. The third-order valence-corrected chi connectivity index (χ3v) is 8.48. The highest BCUT2D eigenvalue weighted by Crippen LogP contribution is 2.52. The molecule has 4 heterocycles. The largest absolute Gasteiger partial charge is 0.438 e. The molecule has 0 saturated carbocycles. The summed E-state index contributed by atoms with van der Waals surface area (Å²) in [5.41, 5.74) is 3.10. The second-order valence-electron chi connectivity index (χ2n) is 10.8. The number of halogens is 1. The highest BCUT2D eigenvalue weighted by molar-refractivity contribution is 7.13. The van der Waals surface area contributed by atoms with Gasteiger partial charge in [-0.25, -0.2) is 9.37 Å². The number of rotatable bonds is 6. The molecular formula is C30H28FN5O4S. The minimum Gasteiger partial charge on any atom is -0.438 e. The van der Waals surface area contributed by atoms with Gasteiger partial charge in [0.2, 0.25) is 16.9 Å². The fourth-order valence-electron chi connectivity index (χ4n) is 5.69. The van der Waals surface area contributed by atoms with E-state index in [2.05, 4.69) is 15.5 Å². The molecule has 4 aromatic rings. The number of benzene rings is 2.